The first-order valence-electron chi connectivity index (χ1n) is 12.5. The molecule has 190 valence electrons. The van der Waals surface area contributed by atoms with E-state index in [0.717, 1.165) is 10.9 Å². The van der Waals surface area contributed by atoms with Crippen LogP contribution in [-0.2, 0) is 11.3 Å². The molecule has 1 aliphatic heterocycles. The number of ether oxygens (including phenoxy) is 1. The van der Waals surface area contributed by atoms with E-state index in [1.807, 2.05) is 30.3 Å². The van der Waals surface area contributed by atoms with Gasteiger partial charge >= 0.3 is 5.97 Å². The molecule has 0 fully saturated rings. The van der Waals surface area contributed by atoms with Crippen molar-refractivity contribution in [1.82, 2.24) is 4.57 Å². The number of para-hydroxylation sites is 1. The third-order valence-corrected chi connectivity index (χ3v) is 7.02. The molecular weight excluding hydrogens is 482 g/mol. The molecule has 0 aliphatic carbocycles. The van der Waals surface area contributed by atoms with Crippen molar-refractivity contribution in [3.8, 4) is 22.6 Å². The molecule has 7 heteroatoms. The normalized spacial score (nSPS) is 15.1. The van der Waals surface area contributed by atoms with E-state index in [9.17, 15) is 19.5 Å². The first-order chi connectivity index (χ1) is 18.3. The summed E-state index contributed by atoms with van der Waals surface area (Å²) in [5, 5.41) is 10.8. The van der Waals surface area contributed by atoms with Gasteiger partial charge in [-0.15, -0.1) is 0 Å². The van der Waals surface area contributed by atoms with Gasteiger partial charge in [0, 0.05) is 23.6 Å². The summed E-state index contributed by atoms with van der Waals surface area (Å²) >= 11 is 0. The number of hydrogen-bond acceptors (Lipinski definition) is 6. The minimum atomic E-state index is -0.645. The predicted molar refractivity (Wildman–Crippen MR) is 145 cm³/mol. The van der Waals surface area contributed by atoms with Gasteiger partial charge in [-0.05, 0) is 53.3 Å². The van der Waals surface area contributed by atoms with E-state index in [-0.39, 0.29) is 40.4 Å². The van der Waals surface area contributed by atoms with E-state index in [4.69, 9.17) is 9.15 Å². The number of benzene rings is 3. The number of phenols is 1. The molecule has 0 bridgehead atoms. The van der Waals surface area contributed by atoms with E-state index >= 15 is 0 Å². The van der Waals surface area contributed by atoms with Gasteiger partial charge in [-0.3, -0.25) is 14.4 Å². The summed E-state index contributed by atoms with van der Waals surface area (Å²) in [6.07, 6.45) is 1.33. The Hall–Kier alpha value is -4.65. The maximum Gasteiger partial charge on any atom is 0.312 e. The summed E-state index contributed by atoms with van der Waals surface area (Å²) in [5.74, 6) is -0.494. The maximum atomic E-state index is 13.9. The standard InChI is InChI=1S/C31H25NO6/c1-17(2)15-32-25-6-4-3-5-19(25)13-23(31(32)36)22-14-27(34)38-26-12-11-21-29(35)24(16-37-30(21)28(22)26)18-7-9-20(33)10-8-18/h3-13,16-17,22,33H,14-15H2,1-2H3/t22-/m0/s1. The molecule has 5 aromatic rings. The number of carbonyl (C=O) groups excluding carboxylic acids is 1. The highest BCUT2D eigenvalue weighted by molar-refractivity contribution is 5.90. The van der Waals surface area contributed by atoms with Crippen molar-refractivity contribution in [3.05, 3.63) is 105 Å². The molecule has 3 aromatic carbocycles. The summed E-state index contributed by atoms with van der Waals surface area (Å²) in [6, 6.07) is 19.0. The second-order valence-electron chi connectivity index (χ2n) is 10.1. The number of nitrogens with zero attached hydrogens (tertiary/aromatic N) is 1. The number of esters is 1. The van der Waals surface area contributed by atoms with E-state index in [2.05, 4.69) is 13.8 Å². The fraction of sp³-hybridized carbons (Fsp3) is 0.194. The molecule has 0 amide bonds. The molecule has 1 N–H and O–H groups in total. The number of fused-ring (bicyclic) bond motifs is 4. The first kappa shape index (κ1) is 23.7. The van der Waals surface area contributed by atoms with Crippen LogP contribution in [0.3, 0.4) is 0 Å². The van der Waals surface area contributed by atoms with Crippen LogP contribution in [0.15, 0.2) is 87.0 Å². The van der Waals surface area contributed by atoms with Gasteiger partial charge < -0.3 is 18.8 Å². The third kappa shape index (κ3) is 3.87. The Morgan fingerprint density at radius 3 is 2.53 bits per heavy atom. The van der Waals surface area contributed by atoms with Gasteiger partial charge in [-0.25, -0.2) is 0 Å². The predicted octanol–water partition coefficient (Wildman–Crippen LogP) is 5.58. The molecule has 7 nitrogen and oxygen atoms in total. The van der Waals surface area contributed by atoms with Crippen LogP contribution in [0.4, 0.5) is 0 Å². The quantitative estimate of drug-likeness (QED) is 0.252. The number of phenolic OH excluding ortho intramolecular Hbond substituents is 1. The van der Waals surface area contributed by atoms with E-state index < -0.39 is 11.9 Å². The van der Waals surface area contributed by atoms with Crippen molar-refractivity contribution in [2.75, 3.05) is 0 Å². The van der Waals surface area contributed by atoms with E-state index in [1.165, 1.54) is 18.4 Å². The lowest BCUT2D eigenvalue weighted by atomic mass is 9.85. The number of pyridine rings is 1. The minimum Gasteiger partial charge on any atom is -0.508 e. The Kier molecular flexibility index (Phi) is 5.64. The van der Waals surface area contributed by atoms with Crippen LogP contribution in [0.5, 0.6) is 11.5 Å². The largest absolute Gasteiger partial charge is 0.508 e. The second-order valence-corrected chi connectivity index (χ2v) is 10.1. The van der Waals surface area contributed by atoms with Crippen molar-refractivity contribution in [2.24, 2.45) is 5.92 Å². The average molecular weight is 508 g/mol. The van der Waals surface area contributed by atoms with Crippen molar-refractivity contribution in [2.45, 2.75) is 32.7 Å². The van der Waals surface area contributed by atoms with Gasteiger partial charge in [0.2, 0.25) is 5.43 Å². The lowest BCUT2D eigenvalue weighted by Crippen LogP contribution is -2.31. The van der Waals surface area contributed by atoms with Crippen LogP contribution in [0, 0.1) is 5.92 Å². The molecule has 0 unspecified atom stereocenters. The fourth-order valence-electron chi connectivity index (χ4n) is 5.31. The molecule has 0 radical (unpaired) electrons. The number of hydrogen-bond donors (Lipinski definition) is 1. The van der Waals surface area contributed by atoms with Gasteiger partial charge in [0.25, 0.3) is 5.56 Å². The van der Waals surface area contributed by atoms with Crippen LogP contribution in [0.2, 0.25) is 0 Å². The molecule has 38 heavy (non-hydrogen) atoms. The first-order valence-corrected chi connectivity index (χ1v) is 12.5. The minimum absolute atomic E-state index is 0.0508. The smallest absolute Gasteiger partial charge is 0.312 e. The monoisotopic (exact) mass is 507 g/mol. The average Bonchev–Trinajstić information content (AvgIpc) is 2.90. The van der Waals surface area contributed by atoms with Crippen LogP contribution >= 0.6 is 0 Å². The maximum absolute atomic E-state index is 13.9. The summed E-state index contributed by atoms with van der Waals surface area (Å²) < 4.78 is 13.4. The molecule has 2 aromatic heterocycles. The van der Waals surface area contributed by atoms with E-state index in [0.29, 0.717) is 34.2 Å². The van der Waals surface area contributed by atoms with Crippen molar-refractivity contribution in [3.63, 3.8) is 0 Å². The lowest BCUT2D eigenvalue weighted by Gasteiger charge is -2.26. The fourth-order valence-corrected chi connectivity index (χ4v) is 5.31. The highest BCUT2D eigenvalue weighted by atomic mass is 16.5. The summed E-state index contributed by atoms with van der Waals surface area (Å²) in [4.78, 5) is 40.1. The van der Waals surface area contributed by atoms with Gasteiger partial charge in [0.1, 0.15) is 23.3 Å². The second kappa shape index (κ2) is 9.03. The summed E-state index contributed by atoms with van der Waals surface area (Å²) in [7, 11) is 0. The highest BCUT2D eigenvalue weighted by Gasteiger charge is 2.34. The van der Waals surface area contributed by atoms with Crippen molar-refractivity contribution >= 4 is 27.8 Å². The third-order valence-electron chi connectivity index (χ3n) is 7.02. The molecule has 3 heterocycles. The zero-order valence-electron chi connectivity index (χ0n) is 20.9. The van der Waals surface area contributed by atoms with Crippen LogP contribution < -0.4 is 15.7 Å². The number of aromatic hydroxyl groups is 1. The molecule has 6 rings (SSSR count). The Morgan fingerprint density at radius 2 is 1.76 bits per heavy atom. The van der Waals surface area contributed by atoms with Crippen LogP contribution in [0.1, 0.15) is 37.3 Å². The van der Waals surface area contributed by atoms with Gasteiger partial charge in [-0.1, -0.05) is 44.2 Å². The van der Waals surface area contributed by atoms with Gasteiger partial charge in [-0.2, -0.15) is 0 Å². The Labute approximate surface area is 217 Å². The molecule has 0 saturated heterocycles. The molecule has 0 saturated carbocycles. The Bertz CT molecular complexity index is 1850. The van der Waals surface area contributed by atoms with Gasteiger partial charge in [0.15, 0.2) is 0 Å². The summed E-state index contributed by atoms with van der Waals surface area (Å²) in [5.41, 5.74) is 2.60. The van der Waals surface area contributed by atoms with Crippen molar-refractivity contribution in [1.29, 1.82) is 0 Å². The topological polar surface area (TPSA) is 98.7 Å². The molecule has 1 aliphatic rings. The van der Waals surface area contributed by atoms with E-state index in [1.54, 1.807) is 28.8 Å². The lowest BCUT2D eigenvalue weighted by molar-refractivity contribution is -0.135. The number of rotatable bonds is 4. The zero-order valence-corrected chi connectivity index (χ0v) is 20.9. The number of carbonyl (C=O) groups is 1. The summed E-state index contributed by atoms with van der Waals surface area (Å²) in [6.45, 7) is 4.63. The highest BCUT2D eigenvalue weighted by Crippen LogP contribution is 2.42. The number of aromatic nitrogens is 1. The zero-order chi connectivity index (χ0) is 26.6. The SMILES string of the molecule is CC(C)Cn1c(=O)c([C@@H]2CC(=O)Oc3ccc4c(=O)c(-c5ccc(O)cc5)coc4c32)cc2ccccc21. The Morgan fingerprint density at radius 1 is 1.00 bits per heavy atom. The van der Waals surface area contributed by atoms with Crippen LogP contribution in [-0.4, -0.2) is 15.6 Å². The van der Waals surface area contributed by atoms with Gasteiger partial charge in [0.05, 0.1) is 22.9 Å². The van der Waals surface area contributed by atoms with Crippen LogP contribution in [0.25, 0.3) is 33.0 Å². The Balaban J connectivity index is 1.60. The molecule has 0 spiro atoms. The molecular formula is C31H25NO6. The van der Waals surface area contributed by atoms with Crippen molar-refractivity contribution < 1.29 is 19.1 Å². The molecule has 1 atom stereocenters.